The van der Waals surface area contributed by atoms with Crippen molar-refractivity contribution >= 4 is 11.3 Å². The van der Waals surface area contributed by atoms with Crippen molar-refractivity contribution in [1.29, 1.82) is 0 Å². The van der Waals surface area contributed by atoms with Gasteiger partial charge in [-0.15, -0.1) is 11.3 Å². The first kappa shape index (κ1) is 14.2. The van der Waals surface area contributed by atoms with Crippen LogP contribution >= 0.6 is 11.3 Å². The number of rotatable bonds is 7. The Kier molecular flexibility index (Phi) is 5.51. The number of hydrogen-bond acceptors (Lipinski definition) is 4. The van der Waals surface area contributed by atoms with E-state index in [4.69, 9.17) is 9.72 Å². The van der Waals surface area contributed by atoms with E-state index in [0.29, 0.717) is 0 Å². The molecule has 19 heavy (non-hydrogen) atoms. The van der Waals surface area contributed by atoms with Crippen molar-refractivity contribution in [3.05, 3.63) is 41.0 Å². The topological polar surface area (TPSA) is 34.1 Å². The Balaban J connectivity index is 2.21. The summed E-state index contributed by atoms with van der Waals surface area (Å²) in [6.07, 6.45) is 0.891. The second-order valence-electron chi connectivity index (χ2n) is 4.23. The van der Waals surface area contributed by atoms with Gasteiger partial charge in [0.15, 0.2) is 0 Å². The number of hydrogen-bond donors (Lipinski definition) is 1. The molecule has 0 atom stereocenters. The molecule has 0 fully saturated rings. The van der Waals surface area contributed by atoms with E-state index in [1.54, 1.807) is 11.3 Å². The van der Waals surface area contributed by atoms with Gasteiger partial charge in [0.1, 0.15) is 0 Å². The first-order valence-electron chi connectivity index (χ1n) is 6.61. The third-order valence-electron chi connectivity index (χ3n) is 2.79. The van der Waals surface area contributed by atoms with Crippen LogP contribution in [0.25, 0.3) is 10.4 Å². The van der Waals surface area contributed by atoms with E-state index in [9.17, 15) is 0 Å². The Morgan fingerprint density at radius 1 is 1.26 bits per heavy atom. The fraction of sp³-hybridized carbons (Fsp3) is 0.400. The molecule has 0 bridgehead atoms. The summed E-state index contributed by atoms with van der Waals surface area (Å²) in [5, 5.41) is 4.34. The molecular formula is C15H20N2OS. The lowest BCUT2D eigenvalue weighted by molar-refractivity contribution is 0.151. The summed E-state index contributed by atoms with van der Waals surface area (Å²) in [6.45, 7) is 4.33. The molecule has 0 amide bonds. The van der Waals surface area contributed by atoms with Gasteiger partial charge in [-0.2, -0.15) is 0 Å². The average molecular weight is 276 g/mol. The Hall–Kier alpha value is -1.23. The van der Waals surface area contributed by atoms with Gasteiger partial charge in [0.25, 0.3) is 0 Å². The lowest BCUT2D eigenvalue weighted by Gasteiger charge is -2.00. The monoisotopic (exact) mass is 276 g/mol. The Labute approximate surface area is 118 Å². The standard InChI is InChI=1S/C15H20N2OS/c1-3-18-10-9-14-17-13(11-16-2)15(19-14)12-7-5-4-6-8-12/h4-8,16H,3,9-11H2,1-2H3. The normalized spacial score (nSPS) is 10.8. The largest absolute Gasteiger partial charge is 0.381 e. The quantitative estimate of drug-likeness (QED) is 0.789. The molecule has 1 heterocycles. The van der Waals surface area contributed by atoms with Gasteiger partial charge in [0.05, 0.1) is 22.2 Å². The van der Waals surface area contributed by atoms with E-state index in [1.165, 1.54) is 10.4 Å². The number of nitrogens with one attached hydrogen (secondary N) is 1. The summed E-state index contributed by atoms with van der Waals surface area (Å²) in [5.41, 5.74) is 2.37. The number of nitrogens with zero attached hydrogens (tertiary/aromatic N) is 1. The van der Waals surface area contributed by atoms with E-state index >= 15 is 0 Å². The second kappa shape index (κ2) is 7.38. The molecule has 0 aliphatic rings. The van der Waals surface area contributed by atoms with Crippen molar-refractivity contribution in [2.45, 2.75) is 19.9 Å². The summed E-state index contributed by atoms with van der Waals surface area (Å²) in [7, 11) is 1.95. The van der Waals surface area contributed by atoms with Crippen LogP contribution in [0.4, 0.5) is 0 Å². The molecule has 0 spiro atoms. The fourth-order valence-electron chi connectivity index (χ4n) is 1.91. The lowest BCUT2D eigenvalue weighted by atomic mass is 10.1. The van der Waals surface area contributed by atoms with Gasteiger partial charge in [-0.25, -0.2) is 4.98 Å². The number of benzene rings is 1. The summed E-state index contributed by atoms with van der Waals surface area (Å²) in [6, 6.07) is 10.5. The molecular weight excluding hydrogens is 256 g/mol. The van der Waals surface area contributed by atoms with Gasteiger partial charge in [-0.3, -0.25) is 0 Å². The number of thiazole rings is 1. The SMILES string of the molecule is CCOCCc1nc(CNC)c(-c2ccccc2)s1. The molecule has 0 aliphatic heterocycles. The van der Waals surface area contributed by atoms with Crippen LogP contribution in [-0.4, -0.2) is 25.2 Å². The zero-order valence-electron chi connectivity index (χ0n) is 11.5. The molecule has 0 saturated heterocycles. The summed E-state index contributed by atoms with van der Waals surface area (Å²) in [4.78, 5) is 5.99. The van der Waals surface area contributed by atoms with Gasteiger partial charge >= 0.3 is 0 Å². The lowest BCUT2D eigenvalue weighted by Crippen LogP contribution is -2.06. The molecule has 0 saturated carbocycles. The highest BCUT2D eigenvalue weighted by atomic mass is 32.1. The van der Waals surface area contributed by atoms with Crippen LogP contribution in [0.5, 0.6) is 0 Å². The Morgan fingerprint density at radius 2 is 2.05 bits per heavy atom. The molecule has 102 valence electrons. The first-order valence-corrected chi connectivity index (χ1v) is 7.43. The molecule has 2 rings (SSSR count). The minimum Gasteiger partial charge on any atom is -0.381 e. The highest BCUT2D eigenvalue weighted by Crippen LogP contribution is 2.30. The van der Waals surface area contributed by atoms with Gasteiger partial charge in [-0.1, -0.05) is 30.3 Å². The van der Waals surface area contributed by atoms with Crippen molar-refractivity contribution < 1.29 is 4.74 Å². The van der Waals surface area contributed by atoms with Crippen LogP contribution < -0.4 is 5.32 Å². The van der Waals surface area contributed by atoms with Crippen LogP contribution in [0.15, 0.2) is 30.3 Å². The predicted molar refractivity (Wildman–Crippen MR) is 80.5 cm³/mol. The fourth-order valence-corrected chi connectivity index (χ4v) is 2.98. The number of aromatic nitrogens is 1. The molecule has 3 nitrogen and oxygen atoms in total. The van der Waals surface area contributed by atoms with Crippen molar-refractivity contribution in [2.24, 2.45) is 0 Å². The van der Waals surface area contributed by atoms with Gasteiger partial charge in [-0.05, 0) is 19.5 Å². The third kappa shape index (κ3) is 3.86. The molecule has 1 aromatic carbocycles. The summed E-state index contributed by atoms with van der Waals surface area (Å²) in [5.74, 6) is 0. The second-order valence-corrected chi connectivity index (χ2v) is 5.31. The van der Waals surface area contributed by atoms with Gasteiger partial charge in [0, 0.05) is 19.6 Å². The van der Waals surface area contributed by atoms with Crippen LogP contribution in [0, 0.1) is 0 Å². The Bertz CT molecular complexity index is 496. The van der Waals surface area contributed by atoms with Crippen molar-refractivity contribution in [2.75, 3.05) is 20.3 Å². The molecule has 0 unspecified atom stereocenters. The van der Waals surface area contributed by atoms with Crippen molar-refractivity contribution in [3.63, 3.8) is 0 Å². The first-order chi connectivity index (χ1) is 9.35. The molecule has 0 radical (unpaired) electrons. The van der Waals surface area contributed by atoms with Crippen LogP contribution in [0.2, 0.25) is 0 Å². The van der Waals surface area contributed by atoms with E-state index in [-0.39, 0.29) is 0 Å². The van der Waals surface area contributed by atoms with E-state index in [0.717, 1.165) is 36.9 Å². The maximum absolute atomic E-state index is 5.40. The minimum atomic E-state index is 0.747. The highest BCUT2D eigenvalue weighted by molar-refractivity contribution is 7.15. The smallest absolute Gasteiger partial charge is 0.0958 e. The van der Waals surface area contributed by atoms with Crippen LogP contribution in [0.3, 0.4) is 0 Å². The zero-order valence-corrected chi connectivity index (χ0v) is 12.3. The van der Waals surface area contributed by atoms with Crippen LogP contribution in [0.1, 0.15) is 17.6 Å². The van der Waals surface area contributed by atoms with Crippen LogP contribution in [-0.2, 0) is 17.7 Å². The zero-order chi connectivity index (χ0) is 13.5. The molecule has 1 aromatic heterocycles. The van der Waals surface area contributed by atoms with Gasteiger partial charge < -0.3 is 10.1 Å². The molecule has 0 aliphatic carbocycles. The maximum Gasteiger partial charge on any atom is 0.0958 e. The average Bonchev–Trinajstić information content (AvgIpc) is 2.84. The minimum absolute atomic E-state index is 0.747. The molecule has 2 aromatic rings. The van der Waals surface area contributed by atoms with Crippen molar-refractivity contribution in [1.82, 2.24) is 10.3 Å². The molecule has 4 heteroatoms. The Morgan fingerprint density at radius 3 is 2.74 bits per heavy atom. The highest BCUT2D eigenvalue weighted by Gasteiger charge is 2.12. The molecule has 1 N–H and O–H groups in total. The van der Waals surface area contributed by atoms with E-state index in [1.807, 2.05) is 20.0 Å². The van der Waals surface area contributed by atoms with E-state index in [2.05, 4.69) is 29.6 Å². The summed E-state index contributed by atoms with van der Waals surface area (Å²) < 4.78 is 5.40. The summed E-state index contributed by atoms with van der Waals surface area (Å²) >= 11 is 1.77. The maximum atomic E-state index is 5.40. The predicted octanol–water partition coefficient (Wildman–Crippen LogP) is 3.11. The van der Waals surface area contributed by atoms with Gasteiger partial charge in [0.2, 0.25) is 0 Å². The van der Waals surface area contributed by atoms with Crippen molar-refractivity contribution in [3.8, 4) is 10.4 Å². The third-order valence-corrected chi connectivity index (χ3v) is 3.99. The van der Waals surface area contributed by atoms with E-state index < -0.39 is 0 Å². The number of ether oxygens (including phenoxy) is 1.